The highest BCUT2D eigenvalue weighted by Gasteiger charge is 2.27. The van der Waals surface area contributed by atoms with Crippen molar-refractivity contribution < 1.29 is 23.8 Å². The molecule has 1 amide bonds. The number of amides is 1. The third kappa shape index (κ3) is 4.60. The maximum atomic E-state index is 12.2. The number of halogens is 1. The first kappa shape index (κ1) is 17.6. The SMILES string of the molecule is CCOc1cc(C(=O)O[C@H](C)C(=O)NC2CC2)cc(Br)c1OC. The molecule has 0 bridgehead atoms. The zero-order valence-corrected chi connectivity index (χ0v) is 14.9. The molecule has 0 aliphatic heterocycles. The van der Waals surface area contributed by atoms with Crippen LogP contribution in [0.4, 0.5) is 0 Å². The van der Waals surface area contributed by atoms with E-state index in [0.717, 1.165) is 12.8 Å². The molecule has 6 nitrogen and oxygen atoms in total. The number of hydrogen-bond acceptors (Lipinski definition) is 5. The second-order valence-corrected chi connectivity index (χ2v) is 6.11. The number of esters is 1. The molecule has 1 atom stereocenters. The molecule has 0 radical (unpaired) electrons. The van der Waals surface area contributed by atoms with Gasteiger partial charge in [-0.25, -0.2) is 4.79 Å². The van der Waals surface area contributed by atoms with Crippen LogP contribution in [0.15, 0.2) is 16.6 Å². The van der Waals surface area contributed by atoms with Gasteiger partial charge in [0.05, 0.1) is 23.8 Å². The molecule has 1 saturated carbocycles. The molecule has 0 saturated heterocycles. The van der Waals surface area contributed by atoms with E-state index in [2.05, 4.69) is 21.2 Å². The minimum absolute atomic E-state index is 0.225. The van der Waals surface area contributed by atoms with Gasteiger partial charge in [-0.1, -0.05) is 0 Å². The van der Waals surface area contributed by atoms with Crippen LogP contribution in [0.25, 0.3) is 0 Å². The third-order valence-corrected chi connectivity index (χ3v) is 3.92. The fraction of sp³-hybridized carbons (Fsp3) is 0.500. The van der Waals surface area contributed by atoms with Crippen LogP contribution in [-0.4, -0.2) is 37.7 Å². The average molecular weight is 386 g/mol. The van der Waals surface area contributed by atoms with Crippen LogP contribution in [-0.2, 0) is 9.53 Å². The van der Waals surface area contributed by atoms with Gasteiger partial charge in [-0.15, -0.1) is 0 Å². The molecule has 1 aliphatic rings. The maximum Gasteiger partial charge on any atom is 0.339 e. The normalized spacial score (nSPS) is 14.8. The van der Waals surface area contributed by atoms with Gasteiger partial charge < -0.3 is 19.5 Å². The van der Waals surface area contributed by atoms with Crippen molar-refractivity contribution >= 4 is 27.8 Å². The summed E-state index contributed by atoms with van der Waals surface area (Å²) in [6.45, 7) is 3.82. The van der Waals surface area contributed by atoms with Gasteiger partial charge in [-0.2, -0.15) is 0 Å². The summed E-state index contributed by atoms with van der Waals surface area (Å²) in [5, 5.41) is 2.80. The first-order valence-corrected chi connectivity index (χ1v) is 8.27. The fourth-order valence-electron chi connectivity index (χ4n) is 1.98. The lowest BCUT2D eigenvalue weighted by atomic mass is 10.2. The molecule has 23 heavy (non-hydrogen) atoms. The van der Waals surface area contributed by atoms with Crippen LogP contribution in [0.1, 0.15) is 37.0 Å². The number of carbonyl (C=O) groups excluding carboxylic acids is 2. The molecule has 0 aromatic heterocycles. The lowest BCUT2D eigenvalue weighted by Gasteiger charge is -2.15. The van der Waals surface area contributed by atoms with Crippen LogP contribution in [0.3, 0.4) is 0 Å². The Bertz CT molecular complexity index is 600. The van der Waals surface area contributed by atoms with Crippen molar-refractivity contribution in [2.75, 3.05) is 13.7 Å². The number of rotatable bonds is 7. The van der Waals surface area contributed by atoms with E-state index in [0.29, 0.717) is 22.6 Å². The zero-order chi connectivity index (χ0) is 17.0. The number of nitrogens with one attached hydrogen (secondary N) is 1. The van der Waals surface area contributed by atoms with Crippen LogP contribution >= 0.6 is 15.9 Å². The molecular formula is C16H20BrNO5. The number of ether oxygens (including phenoxy) is 3. The van der Waals surface area contributed by atoms with Crippen molar-refractivity contribution in [1.29, 1.82) is 0 Å². The van der Waals surface area contributed by atoms with E-state index in [9.17, 15) is 9.59 Å². The highest BCUT2D eigenvalue weighted by molar-refractivity contribution is 9.10. The van der Waals surface area contributed by atoms with Gasteiger partial charge in [0.1, 0.15) is 0 Å². The molecule has 1 aliphatic carbocycles. The Labute approximate surface area is 143 Å². The highest BCUT2D eigenvalue weighted by Crippen LogP contribution is 2.36. The molecule has 0 spiro atoms. The van der Waals surface area contributed by atoms with E-state index in [4.69, 9.17) is 14.2 Å². The van der Waals surface area contributed by atoms with Crippen LogP contribution in [0, 0.1) is 0 Å². The Morgan fingerprint density at radius 2 is 2.09 bits per heavy atom. The zero-order valence-electron chi connectivity index (χ0n) is 13.3. The second-order valence-electron chi connectivity index (χ2n) is 5.25. The van der Waals surface area contributed by atoms with E-state index in [1.54, 1.807) is 19.1 Å². The molecule has 1 aromatic carbocycles. The van der Waals surface area contributed by atoms with Gasteiger partial charge >= 0.3 is 5.97 Å². The Balaban J connectivity index is 2.10. The van der Waals surface area contributed by atoms with Crippen molar-refractivity contribution in [2.45, 2.75) is 38.8 Å². The molecule has 1 aromatic rings. The van der Waals surface area contributed by atoms with Gasteiger partial charge in [-0.05, 0) is 54.8 Å². The molecule has 1 N–H and O–H groups in total. The van der Waals surface area contributed by atoms with Crippen molar-refractivity contribution in [2.24, 2.45) is 0 Å². The van der Waals surface area contributed by atoms with Crippen molar-refractivity contribution in [3.8, 4) is 11.5 Å². The van der Waals surface area contributed by atoms with Crippen LogP contribution in [0.2, 0.25) is 0 Å². The minimum Gasteiger partial charge on any atom is -0.492 e. The summed E-state index contributed by atoms with van der Waals surface area (Å²) >= 11 is 3.34. The summed E-state index contributed by atoms with van der Waals surface area (Å²) < 4.78 is 16.5. The average Bonchev–Trinajstić information content (AvgIpc) is 3.31. The molecule has 7 heteroatoms. The van der Waals surface area contributed by atoms with Crippen molar-refractivity contribution in [3.63, 3.8) is 0 Å². The predicted molar refractivity (Wildman–Crippen MR) is 87.9 cm³/mol. The largest absolute Gasteiger partial charge is 0.492 e. The highest BCUT2D eigenvalue weighted by atomic mass is 79.9. The van der Waals surface area contributed by atoms with E-state index in [1.165, 1.54) is 7.11 Å². The number of hydrogen-bond donors (Lipinski definition) is 1. The van der Waals surface area contributed by atoms with Gasteiger partial charge in [0.15, 0.2) is 17.6 Å². The molecule has 126 valence electrons. The van der Waals surface area contributed by atoms with E-state index >= 15 is 0 Å². The van der Waals surface area contributed by atoms with E-state index in [1.807, 2.05) is 6.92 Å². The van der Waals surface area contributed by atoms with Gasteiger partial charge in [0.25, 0.3) is 5.91 Å². The lowest BCUT2D eigenvalue weighted by Crippen LogP contribution is -2.37. The summed E-state index contributed by atoms with van der Waals surface area (Å²) in [6.07, 6.45) is 1.12. The maximum absolute atomic E-state index is 12.2. The Kier molecular flexibility index (Phi) is 5.87. The van der Waals surface area contributed by atoms with Crippen molar-refractivity contribution in [3.05, 3.63) is 22.2 Å². The minimum atomic E-state index is -0.848. The van der Waals surface area contributed by atoms with Crippen LogP contribution in [0.5, 0.6) is 11.5 Å². The first-order chi connectivity index (χ1) is 11.0. The van der Waals surface area contributed by atoms with E-state index in [-0.39, 0.29) is 17.5 Å². The quantitative estimate of drug-likeness (QED) is 0.730. The van der Waals surface area contributed by atoms with E-state index < -0.39 is 12.1 Å². The van der Waals surface area contributed by atoms with Crippen LogP contribution < -0.4 is 14.8 Å². The molecular weight excluding hydrogens is 366 g/mol. The summed E-state index contributed by atoms with van der Waals surface area (Å²) in [5.74, 6) is 0.0700. The van der Waals surface area contributed by atoms with Crippen molar-refractivity contribution in [1.82, 2.24) is 5.32 Å². The summed E-state index contributed by atoms with van der Waals surface area (Å²) in [7, 11) is 1.52. The Morgan fingerprint density at radius 3 is 2.65 bits per heavy atom. The monoisotopic (exact) mass is 385 g/mol. The topological polar surface area (TPSA) is 73.9 Å². The summed E-state index contributed by atoms with van der Waals surface area (Å²) in [6, 6.07) is 3.35. The standard InChI is InChI=1S/C16H20BrNO5/c1-4-22-13-8-10(7-12(17)14(13)21-3)16(20)23-9(2)15(19)18-11-5-6-11/h7-9,11H,4-6H2,1-3H3,(H,18,19)/t9-/m1/s1. The molecule has 0 unspecified atom stereocenters. The molecule has 2 rings (SSSR count). The van der Waals surface area contributed by atoms with Gasteiger partial charge in [-0.3, -0.25) is 4.79 Å². The smallest absolute Gasteiger partial charge is 0.339 e. The Hall–Kier alpha value is -1.76. The number of benzene rings is 1. The predicted octanol–water partition coefficient (Wildman–Crippen LogP) is 2.68. The fourth-order valence-corrected chi connectivity index (χ4v) is 2.58. The lowest BCUT2D eigenvalue weighted by molar-refractivity contribution is -0.129. The summed E-state index contributed by atoms with van der Waals surface area (Å²) in [5.41, 5.74) is 0.284. The second kappa shape index (κ2) is 7.68. The molecule has 1 fully saturated rings. The Morgan fingerprint density at radius 1 is 1.39 bits per heavy atom. The summed E-state index contributed by atoms with van der Waals surface area (Å²) in [4.78, 5) is 24.1. The first-order valence-electron chi connectivity index (χ1n) is 7.48. The van der Waals surface area contributed by atoms with Gasteiger partial charge in [0.2, 0.25) is 0 Å². The molecule has 0 heterocycles. The number of methoxy groups -OCH3 is 1. The third-order valence-electron chi connectivity index (χ3n) is 3.33. The van der Waals surface area contributed by atoms with Gasteiger partial charge in [0, 0.05) is 6.04 Å². The number of carbonyl (C=O) groups is 2.